The first-order chi connectivity index (χ1) is 12.3. The second kappa shape index (κ2) is 8.79. The summed E-state index contributed by atoms with van der Waals surface area (Å²) in [5.41, 5.74) is 28.6. The van der Waals surface area contributed by atoms with Crippen LogP contribution in [0, 0.1) is 0 Å². The number of hydrogen-bond acceptors (Lipinski definition) is 10. The monoisotopic (exact) mass is 374 g/mol. The second-order valence-corrected chi connectivity index (χ2v) is 6.21. The Morgan fingerprint density at radius 1 is 1.04 bits per heavy atom. The predicted molar refractivity (Wildman–Crippen MR) is 85.1 cm³/mol. The normalized spacial score (nSPS) is 46.1. The van der Waals surface area contributed by atoms with Gasteiger partial charge in [-0.3, -0.25) is 0 Å². The molecule has 8 N–H and O–H groups in total. The van der Waals surface area contributed by atoms with E-state index >= 15 is 0 Å². The summed E-state index contributed by atoms with van der Waals surface area (Å²) >= 11 is 0. The highest BCUT2D eigenvalue weighted by Crippen LogP contribution is 2.30. The molecule has 10 atom stereocenters. The van der Waals surface area contributed by atoms with E-state index in [-0.39, 0.29) is 13.0 Å². The number of nitrogens with two attached hydrogens (primary N) is 2. The maximum Gasteiger partial charge on any atom is 0.169 e. The van der Waals surface area contributed by atoms with Crippen molar-refractivity contribution in [2.75, 3.05) is 6.54 Å². The number of hydrogen-bond donors (Lipinski definition) is 6. The van der Waals surface area contributed by atoms with E-state index in [0.717, 1.165) is 0 Å². The fourth-order valence-electron chi connectivity index (χ4n) is 3.15. The molecule has 26 heavy (non-hydrogen) atoms. The van der Waals surface area contributed by atoms with Crippen LogP contribution in [0.4, 0.5) is 0 Å². The number of nitrogens with zero attached hydrogens (tertiary/aromatic N) is 6. The van der Waals surface area contributed by atoms with Gasteiger partial charge in [0.15, 0.2) is 6.29 Å². The third-order valence-corrected chi connectivity index (χ3v) is 4.59. The molecule has 14 heteroatoms. The predicted octanol–water partition coefficient (Wildman–Crippen LogP) is -2.41. The van der Waals surface area contributed by atoms with E-state index in [1.807, 2.05) is 0 Å². The first-order valence-corrected chi connectivity index (χ1v) is 7.92. The molecule has 1 unspecified atom stereocenters. The van der Waals surface area contributed by atoms with Crippen LogP contribution < -0.4 is 11.5 Å². The molecule has 0 amide bonds. The Morgan fingerprint density at radius 2 is 1.69 bits per heavy atom. The second-order valence-electron chi connectivity index (χ2n) is 6.21. The first kappa shape index (κ1) is 20.6. The molecule has 0 bridgehead atoms. The molecule has 0 aromatic rings. The quantitative estimate of drug-likeness (QED) is 0.171. The van der Waals surface area contributed by atoms with Crippen LogP contribution in [-0.4, -0.2) is 88.0 Å². The Labute approximate surface area is 147 Å². The number of rotatable bonds is 5. The van der Waals surface area contributed by atoms with Crippen molar-refractivity contribution in [3.63, 3.8) is 0 Å². The average Bonchev–Trinajstić information content (AvgIpc) is 2.62. The van der Waals surface area contributed by atoms with Gasteiger partial charge in [0.1, 0.15) is 30.5 Å². The minimum absolute atomic E-state index is 0.0252. The summed E-state index contributed by atoms with van der Waals surface area (Å²) in [5.74, 6) is 0. The molecule has 1 saturated carbocycles. The lowest BCUT2D eigenvalue weighted by molar-refractivity contribution is -0.287. The smallest absolute Gasteiger partial charge is 0.169 e. The van der Waals surface area contributed by atoms with Gasteiger partial charge in [-0.05, 0) is 17.5 Å². The van der Waals surface area contributed by atoms with Crippen molar-refractivity contribution in [1.29, 1.82) is 0 Å². The van der Waals surface area contributed by atoms with Crippen LogP contribution in [0.25, 0.3) is 20.9 Å². The minimum Gasteiger partial charge on any atom is -0.390 e. The molecule has 146 valence electrons. The van der Waals surface area contributed by atoms with Gasteiger partial charge in [-0.25, -0.2) is 0 Å². The lowest BCUT2D eigenvalue weighted by Gasteiger charge is -2.45. The minimum atomic E-state index is -1.52. The van der Waals surface area contributed by atoms with Gasteiger partial charge in [-0.15, -0.1) is 0 Å². The molecule has 0 aromatic carbocycles. The maximum atomic E-state index is 10.3. The van der Waals surface area contributed by atoms with Gasteiger partial charge in [0.25, 0.3) is 0 Å². The number of aliphatic hydroxyl groups is 4. The zero-order chi connectivity index (χ0) is 19.4. The molecule has 2 fully saturated rings. The molecule has 14 nitrogen and oxygen atoms in total. The third kappa shape index (κ3) is 4.00. The summed E-state index contributed by atoms with van der Waals surface area (Å²) in [6, 6.07) is -3.11. The highest BCUT2D eigenvalue weighted by molar-refractivity contribution is 5.01. The molecule has 1 saturated heterocycles. The van der Waals surface area contributed by atoms with E-state index in [0.29, 0.717) is 0 Å². The van der Waals surface area contributed by atoms with E-state index < -0.39 is 61.0 Å². The molecule has 1 aliphatic heterocycles. The Bertz CT molecular complexity index is 584. The zero-order valence-corrected chi connectivity index (χ0v) is 13.6. The van der Waals surface area contributed by atoms with Crippen LogP contribution in [0.5, 0.6) is 0 Å². The van der Waals surface area contributed by atoms with Crippen LogP contribution in [-0.2, 0) is 9.47 Å². The summed E-state index contributed by atoms with van der Waals surface area (Å²) in [6.07, 6.45) is -9.39. The van der Waals surface area contributed by atoms with Crippen molar-refractivity contribution in [3.8, 4) is 0 Å². The summed E-state index contributed by atoms with van der Waals surface area (Å²) in [4.78, 5) is 5.19. The van der Waals surface area contributed by atoms with E-state index in [4.69, 9.17) is 32.0 Å². The van der Waals surface area contributed by atoms with Crippen molar-refractivity contribution in [1.82, 2.24) is 0 Å². The van der Waals surface area contributed by atoms with Crippen LogP contribution >= 0.6 is 0 Å². The van der Waals surface area contributed by atoms with Crippen LogP contribution in [0.2, 0.25) is 0 Å². The maximum absolute atomic E-state index is 10.3. The van der Waals surface area contributed by atoms with Gasteiger partial charge in [0, 0.05) is 22.4 Å². The Balaban J connectivity index is 2.20. The lowest BCUT2D eigenvalue weighted by atomic mass is 9.84. The highest BCUT2D eigenvalue weighted by Gasteiger charge is 2.49. The van der Waals surface area contributed by atoms with Crippen LogP contribution in [0.15, 0.2) is 10.2 Å². The van der Waals surface area contributed by atoms with Crippen LogP contribution in [0.1, 0.15) is 6.42 Å². The average molecular weight is 374 g/mol. The standard InChI is InChI=1S/C12H22N8O6/c13-2-5-8(22)9(23)6(18-20-16)12(25-5)26-11-3(14)1-4(17-19-15)7(21)10(11)24/h3-12,21-24H,1-2,13-14H2/t3-,4+,5+,6+,7-,8+,9+,10+,11+,12?/m0/s1. The molecule has 0 radical (unpaired) electrons. The summed E-state index contributed by atoms with van der Waals surface area (Å²) in [7, 11) is 0. The Morgan fingerprint density at radius 3 is 2.27 bits per heavy atom. The zero-order valence-electron chi connectivity index (χ0n) is 13.6. The van der Waals surface area contributed by atoms with Crippen molar-refractivity contribution < 1.29 is 29.9 Å². The fourth-order valence-corrected chi connectivity index (χ4v) is 3.15. The summed E-state index contributed by atoms with van der Waals surface area (Å²) in [5, 5.41) is 47.2. The third-order valence-electron chi connectivity index (χ3n) is 4.59. The highest BCUT2D eigenvalue weighted by atomic mass is 16.7. The summed E-state index contributed by atoms with van der Waals surface area (Å²) in [6.45, 7) is -0.151. The molecule has 1 heterocycles. The SMILES string of the molecule is [N-]=[N+]=N[C@@H]1C[C@H](N)[C@@H](OC2O[C@H](CN)[C@@H](O)[C@H](O)[C@H]2N=[N+]=[N-])[C@H](O)[C@H]1O. The fraction of sp³-hybridized carbons (Fsp3) is 1.00. The van der Waals surface area contributed by atoms with E-state index in [1.54, 1.807) is 0 Å². The molecule has 1 aliphatic carbocycles. The van der Waals surface area contributed by atoms with Gasteiger partial charge >= 0.3 is 0 Å². The Hall–Kier alpha value is -1.70. The Kier molecular flexibility index (Phi) is 6.97. The molecule has 0 aromatic heterocycles. The number of aliphatic hydroxyl groups excluding tert-OH is 4. The topological polar surface area (TPSA) is 249 Å². The molecule has 2 rings (SSSR count). The van der Waals surface area contributed by atoms with Gasteiger partial charge in [0.05, 0.1) is 18.2 Å². The lowest BCUT2D eigenvalue weighted by Crippen LogP contribution is -2.64. The van der Waals surface area contributed by atoms with Gasteiger partial charge in [-0.1, -0.05) is 10.2 Å². The van der Waals surface area contributed by atoms with Crippen molar-refractivity contribution in [2.24, 2.45) is 21.7 Å². The molecular weight excluding hydrogens is 352 g/mol. The van der Waals surface area contributed by atoms with Crippen molar-refractivity contribution in [2.45, 2.75) is 67.5 Å². The first-order valence-electron chi connectivity index (χ1n) is 7.92. The largest absolute Gasteiger partial charge is 0.390 e. The van der Waals surface area contributed by atoms with E-state index in [1.165, 1.54) is 0 Å². The van der Waals surface area contributed by atoms with Crippen molar-refractivity contribution in [3.05, 3.63) is 20.9 Å². The molecular formula is C12H22N8O6. The van der Waals surface area contributed by atoms with E-state index in [9.17, 15) is 20.4 Å². The molecule has 0 spiro atoms. The van der Waals surface area contributed by atoms with Crippen LogP contribution in [0.3, 0.4) is 0 Å². The molecule has 2 aliphatic rings. The van der Waals surface area contributed by atoms with Gasteiger partial charge < -0.3 is 41.4 Å². The van der Waals surface area contributed by atoms with Gasteiger partial charge in [0.2, 0.25) is 0 Å². The summed E-state index contributed by atoms with van der Waals surface area (Å²) < 4.78 is 11.0. The number of azide groups is 2. The van der Waals surface area contributed by atoms with Crippen molar-refractivity contribution >= 4 is 0 Å². The number of ether oxygens (including phenoxy) is 2. The van der Waals surface area contributed by atoms with E-state index in [2.05, 4.69) is 20.1 Å². The van der Waals surface area contributed by atoms with Gasteiger partial charge in [-0.2, -0.15) is 0 Å².